The molecule has 0 saturated heterocycles. The molecular weight excluding hydrogens is 168 g/mol. The minimum atomic E-state index is 0.892. The first kappa shape index (κ1) is 14.0. The van der Waals surface area contributed by atoms with Gasteiger partial charge in [0.05, 0.1) is 0 Å². The molecule has 0 heteroatoms. The van der Waals surface area contributed by atoms with Gasteiger partial charge in [-0.2, -0.15) is 0 Å². The maximum atomic E-state index is 2.39. The lowest BCUT2D eigenvalue weighted by Gasteiger charge is -2.20. The summed E-state index contributed by atoms with van der Waals surface area (Å²) in [5, 5.41) is 0. The van der Waals surface area contributed by atoms with E-state index in [1.165, 1.54) is 51.4 Å². The number of hydrogen-bond acceptors (Lipinski definition) is 0. The number of rotatable bonds is 9. The van der Waals surface area contributed by atoms with Gasteiger partial charge in [0.1, 0.15) is 0 Å². The standard InChI is InChI=1S/C14H30/c1-5-7-9-10-12-14(13(3)4)11-8-6-2/h13-14H,5-12H2,1-4H3. The molecule has 0 rings (SSSR count). The molecule has 86 valence electrons. The summed E-state index contributed by atoms with van der Waals surface area (Å²) in [6, 6.07) is 0. The highest BCUT2D eigenvalue weighted by molar-refractivity contribution is 4.63. The minimum Gasteiger partial charge on any atom is -0.0654 e. The Hall–Kier alpha value is 0. The largest absolute Gasteiger partial charge is 0.0654 e. The van der Waals surface area contributed by atoms with Crippen molar-refractivity contribution in [2.75, 3.05) is 0 Å². The highest BCUT2D eigenvalue weighted by Gasteiger charge is 2.11. The summed E-state index contributed by atoms with van der Waals surface area (Å²) >= 11 is 0. The summed E-state index contributed by atoms with van der Waals surface area (Å²) in [4.78, 5) is 0. The Bertz CT molecular complexity index is 105. The van der Waals surface area contributed by atoms with Crippen LogP contribution in [0.1, 0.15) is 79.1 Å². The van der Waals surface area contributed by atoms with E-state index in [4.69, 9.17) is 0 Å². The molecule has 1 atom stereocenters. The van der Waals surface area contributed by atoms with Crippen molar-refractivity contribution in [3.63, 3.8) is 0 Å². The Morgan fingerprint density at radius 3 is 1.79 bits per heavy atom. The zero-order valence-electron chi connectivity index (χ0n) is 10.8. The molecule has 0 aromatic heterocycles. The maximum Gasteiger partial charge on any atom is -0.0391 e. The third-order valence-corrected chi connectivity index (χ3v) is 3.30. The molecule has 0 aliphatic heterocycles. The van der Waals surface area contributed by atoms with Crippen LogP contribution in [0.25, 0.3) is 0 Å². The Balaban J connectivity index is 3.52. The second kappa shape index (κ2) is 9.55. The fourth-order valence-corrected chi connectivity index (χ4v) is 2.11. The van der Waals surface area contributed by atoms with Gasteiger partial charge in [0, 0.05) is 0 Å². The smallest absolute Gasteiger partial charge is 0.0391 e. The van der Waals surface area contributed by atoms with Crippen molar-refractivity contribution in [3.05, 3.63) is 0 Å². The Kier molecular flexibility index (Phi) is 9.55. The molecule has 0 amide bonds. The molecule has 0 saturated carbocycles. The van der Waals surface area contributed by atoms with E-state index < -0.39 is 0 Å². The van der Waals surface area contributed by atoms with Crippen molar-refractivity contribution < 1.29 is 0 Å². The molecule has 0 N–H and O–H groups in total. The molecule has 0 aliphatic rings. The average molecular weight is 198 g/mol. The molecule has 0 nitrogen and oxygen atoms in total. The maximum absolute atomic E-state index is 2.39. The van der Waals surface area contributed by atoms with Gasteiger partial charge in [0.25, 0.3) is 0 Å². The van der Waals surface area contributed by atoms with Crippen molar-refractivity contribution in [2.45, 2.75) is 79.1 Å². The lowest BCUT2D eigenvalue weighted by molar-refractivity contribution is 0.316. The SMILES string of the molecule is CCCCCCC(CCCC)C(C)C. The first-order valence-electron chi connectivity index (χ1n) is 6.72. The van der Waals surface area contributed by atoms with Crippen LogP contribution in [0.4, 0.5) is 0 Å². The van der Waals surface area contributed by atoms with E-state index in [2.05, 4.69) is 27.7 Å². The lowest BCUT2D eigenvalue weighted by atomic mass is 9.86. The molecule has 0 radical (unpaired) electrons. The summed E-state index contributed by atoms with van der Waals surface area (Å²) in [6.45, 7) is 9.37. The van der Waals surface area contributed by atoms with Gasteiger partial charge in [-0.1, -0.05) is 79.1 Å². The van der Waals surface area contributed by atoms with Crippen LogP contribution in [-0.2, 0) is 0 Å². The second-order valence-electron chi connectivity index (χ2n) is 5.00. The predicted octanol–water partition coefficient (Wildman–Crippen LogP) is 5.42. The molecule has 0 aliphatic carbocycles. The predicted molar refractivity (Wildman–Crippen MR) is 66.6 cm³/mol. The molecule has 0 fully saturated rings. The van der Waals surface area contributed by atoms with Crippen LogP contribution in [0.2, 0.25) is 0 Å². The van der Waals surface area contributed by atoms with Crippen LogP contribution in [-0.4, -0.2) is 0 Å². The first-order valence-corrected chi connectivity index (χ1v) is 6.72. The van der Waals surface area contributed by atoms with Crippen molar-refractivity contribution in [1.82, 2.24) is 0 Å². The molecule has 0 bridgehead atoms. The third kappa shape index (κ3) is 7.41. The number of hydrogen-bond donors (Lipinski definition) is 0. The van der Waals surface area contributed by atoms with E-state index in [0.717, 1.165) is 11.8 Å². The van der Waals surface area contributed by atoms with E-state index >= 15 is 0 Å². The molecular formula is C14H30. The third-order valence-electron chi connectivity index (χ3n) is 3.30. The molecule has 0 spiro atoms. The van der Waals surface area contributed by atoms with Crippen LogP contribution in [0.3, 0.4) is 0 Å². The normalized spacial score (nSPS) is 13.5. The quantitative estimate of drug-likeness (QED) is 0.434. The van der Waals surface area contributed by atoms with Gasteiger partial charge in [-0.25, -0.2) is 0 Å². The molecule has 14 heavy (non-hydrogen) atoms. The highest BCUT2D eigenvalue weighted by atomic mass is 14.2. The van der Waals surface area contributed by atoms with E-state index in [-0.39, 0.29) is 0 Å². The van der Waals surface area contributed by atoms with E-state index in [1.807, 2.05) is 0 Å². The Labute approximate surface area is 91.5 Å². The minimum absolute atomic E-state index is 0.892. The van der Waals surface area contributed by atoms with Crippen LogP contribution in [0, 0.1) is 11.8 Å². The number of unbranched alkanes of at least 4 members (excludes halogenated alkanes) is 4. The van der Waals surface area contributed by atoms with Crippen LogP contribution < -0.4 is 0 Å². The Morgan fingerprint density at radius 1 is 0.714 bits per heavy atom. The second-order valence-corrected chi connectivity index (χ2v) is 5.00. The van der Waals surface area contributed by atoms with E-state index in [1.54, 1.807) is 0 Å². The monoisotopic (exact) mass is 198 g/mol. The fourth-order valence-electron chi connectivity index (χ4n) is 2.11. The van der Waals surface area contributed by atoms with Crippen molar-refractivity contribution in [3.8, 4) is 0 Å². The van der Waals surface area contributed by atoms with Gasteiger partial charge in [-0.05, 0) is 11.8 Å². The van der Waals surface area contributed by atoms with Crippen molar-refractivity contribution in [1.29, 1.82) is 0 Å². The van der Waals surface area contributed by atoms with Gasteiger partial charge in [0.2, 0.25) is 0 Å². The lowest BCUT2D eigenvalue weighted by Crippen LogP contribution is -2.08. The summed E-state index contributed by atoms with van der Waals surface area (Å²) in [7, 11) is 0. The van der Waals surface area contributed by atoms with Gasteiger partial charge >= 0.3 is 0 Å². The van der Waals surface area contributed by atoms with Crippen molar-refractivity contribution >= 4 is 0 Å². The summed E-state index contributed by atoms with van der Waals surface area (Å²) in [5.41, 5.74) is 0. The zero-order chi connectivity index (χ0) is 10.8. The average Bonchev–Trinajstić information content (AvgIpc) is 2.16. The first-order chi connectivity index (χ1) is 6.72. The molecule has 0 aromatic rings. The van der Waals surface area contributed by atoms with Gasteiger partial charge in [-0.15, -0.1) is 0 Å². The fraction of sp³-hybridized carbons (Fsp3) is 1.00. The topological polar surface area (TPSA) is 0 Å². The summed E-state index contributed by atoms with van der Waals surface area (Å²) in [6.07, 6.45) is 11.4. The zero-order valence-corrected chi connectivity index (χ0v) is 10.8. The summed E-state index contributed by atoms with van der Waals surface area (Å²) in [5.74, 6) is 1.88. The van der Waals surface area contributed by atoms with E-state index in [9.17, 15) is 0 Å². The van der Waals surface area contributed by atoms with Crippen molar-refractivity contribution in [2.24, 2.45) is 11.8 Å². The van der Waals surface area contributed by atoms with Gasteiger partial charge in [-0.3, -0.25) is 0 Å². The van der Waals surface area contributed by atoms with Crippen LogP contribution in [0.5, 0.6) is 0 Å². The van der Waals surface area contributed by atoms with E-state index in [0.29, 0.717) is 0 Å². The molecule has 0 aromatic carbocycles. The van der Waals surface area contributed by atoms with Crippen LogP contribution in [0.15, 0.2) is 0 Å². The Morgan fingerprint density at radius 2 is 1.29 bits per heavy atom. The van der Waals surface area contributed by atoms with Crippen LogP contribution >= 0.6 is 0 Å². The molecule has 0 heterocycles. The molecule has 1 unspecified atom stereocenters. The van der Waals surface area contributed by atoms with Gasteiger partial charge < -0.3 is 0 Å². The highest BCUT2D eigenvalue weighted by Crippen LogP contribution is 2.24. The summed E-state index contributed by atoms with van der Waals surface area (Å²) < 4.78 is 0. The van der Waals surface area contributed by atoms with Gasteiger partial charge in [0.15, 0.2) is 0 Å².